The van der Waals surface area contributed by atoms with Gasteiger partial charge in [0, 0.05) is 44.8 Å². The number of hydrogen-bond donors (Lipinski definition) is 2. The third kappa shape index (κ3) is 4.91. The molecule has 1 aromatic rings. The summed E-state index contributed by atoms with van der Waals surface area (Å²) in [4.78, 5) is 15.4. The van der Waals surface area contributed by atoms with Crippen LogP contribution in [0.4, 0.5) is 11.4 Å². The quantitative estimate of drug-likeness (QED) is 0.506. The van der Waals surface area contributed by atoms with Gasteiger partial charge < -0.3 is 10.2 Å². The fraction of sp³-hybridized carbons (Fsp3) is 0.625. The minimum Gasteiger partial charge on any atom is -0.378 e. The number of benzene rings is 1. The largest absolute Gasteiger partial charge is 0.378 e. The van der Waals surface area contributed by atoms with Gasteiger partial charge in [0.2, 0.25) is 10.0 Å². The van der Waals surface area contributed by atoms with Crippen molar-refractivity contribution in [1.82, 2.24) is 14.5 Å². The number of likely N-dealkylation sites (N-methyl/N-ethyl adjacent to an activating group) is 1. The van der Waals surface area contributed by atoms with Crippen LogP contribution in [0.3, 0.4) is 0 Å². The van der Waals surface area contributed by atoms with Crippen molar-refractivity contribution < 1.29 is 13.3 Å². The summed E-state index contributed by atoms with van der Waals surface area (Å²) in [5, 5.41) is 14.4. The number of sulfonamides is 1. The molecule has 0 aromatic heterocycles. The molecule has 1 aliphatic heterocycles. The zero-order chi connectivity index (χ0) is 19.3. The highest BCUT2D eigenvalue weighted by Crippen LogP contribution is 2.27. The maximum absolute atomic E-state index is 11.8. The highest BCUT2D eigenvalue weighted by atomic mass is 32.2. The standard InChI is InChI=1S/C16H27N5O4S/c1-4-19-7-9-20(10-8-19)13(2)12-18-15-6-5-14(26(24,25)17-3)11-16(15)21(22)23/h5-6,11,13,17-18H,4,7-10,12H2,1-3H3/t13-/m0/s1. The summed E-state index contributed by atoms with van der Waals surface area (Å²) in [6, 6.07) is 4.11. The summed E-state index contributed by atoms with van der Waals surface area (Å²) in [6.07, 6.45) is 0. The van der Waals surface area contributed by atoms with Crippen molar-refractivity contribution in [1.29, 1.82) is 0 Å². The van der Waals surface area contributed by atoms with E-state index in [0.29, 0.717) is 12.2 Å². The predicted molar refractivity (Wildman–Crippen MR) is 101 cm³/mol. The van der Waals surface area contributed by atoms with Crippen LogP contribution in [0.1, 0.15) is 13.8 Å². The van der Waals surface area contributed by atoms with E-state index in [4.69, 9.17) is 0 Å². The van der Waals surface area contributed by atoms with Gasteiger partial charge in [-0.2, -0.15) is 0 Å². The van der Waals surface area contributed by atoms with Gasteiger partial charge in [-0.25, -0.2) is 13.1 Å². The Bertz CT molecular complexity index is 732. The lowest BCUT2D eigenvalue weighted by Crippen LogP contribution is -2.51. The first-order valence-electron chi connectivity index (χ1n) is 8.70. The zero-order valence-corrected chi connectivity index (χ0v) is 16.3. The molecule has 0 amide bonds. The first kappa shape index (κ1) is 20.6. The van der Waals surface area contributed by atoms with Crippen molar-refractivity contribution in [3.8, 4) is 0 Å². The Morgan fingerprint density at radius 3 is 2.46 bits per heavy atom. The van der Waals surface area contributed by atoms with Gasteiger partial charge in [0.05, 0.1) is 9.82 Å². The smallest absolute Gasteiger partial charge is 0.293 e. The molecule has 0 aliphatic carbocycles. The van der Waals surface area contributed by atoms with Crippen molar-refractivity contribution in [3.05, 3.63) is 28.3 Å². The van der Waals surface area contributed by atoms with Crippen LogP contribution in [0.25, 0.3) is 0 Å². The highest BCUT2D eigenvalue weighted by molar-refractivity contribution is 7.89. The third-order valence-corrected chi connectivity index (χ3v) is 6.22. The summed E-state index contributed by atoms with van der Waals surface area (Å²) >= 11 is 0. The first-order chi connectivity index (χ1) is 12.3. The molecule has 10 heteroatoms. The number of nitrogens with zero attached hydrogens (tertiary/aromatic N) is 3. The molecule has 1 fully saturated rings. The molecule has 1 atom stereocenters. The van der Waals surface area contributed by atoms with E-state index in [1.54, 1.807) is 0 Å². The second kappa shape index (κ2) is 8.76. The Labute approximate surface area is 154 Å². The van der Waals surface area contributed by atoms with Crippen LogP contribution < -0.4 is 10.0 Å². The Hall–Kier alpha value is -1.75. The summed E-state index contributed by atoms with van der Waals surface area (Å²) in [7, 11) is -2.45. The summed E-state index contributed by atoms with van der Waals surface area (Å²) in [5.74, 6) is 0. The average Bonchev–Trinajstić information content (AvgIpc) is 2.65. The van der Waals surface area contributed by atoms with Crippen LogP contribution in [0, 0.1) is 10.1 Å². The number of anilines is 1. The van der Waals surface area contributed by atoms with Gasteiger partial charge in [-0.15, -0.1) is 0 Å². The maximum atomic E-state index is 11.8. The Morgan fingerprint density at radius 2 is 1.92 bits per heavy atom. The molecule has 1 aromatic carbocycles. The van der Waals surface area contributed by atoms with E-state index in [0.717, 1.165) is 38.8 Å². The van der Waals surface area contributed by atoms with E-state index in [1.807, 2.05) is 0 Å². The van der Waals surface area contributed by atoms with Crippen molar-refractivity contribution in [2.24, 2.45) is 0 Å². The third-order valence-electron chi connectivity index (χ3n) is 4.81. The van der Waals surface area contributed by atoms with Gasteiger partial charge >= 0.3 is 0 Å². The normalized spacial score (nSPS) is 17.8. The van der Waals surface area contributed by atoms with E-state index in [-0.39, 0.29) is 16.6 Å². The fourth-order valence-electron chi connectivity index (χ4n) is 3.00. The predicted octanol–water partition coefficient (Wildman–Crippen LogP) is 0.941. The number of nitrogens with one attached hydrogen (secondary N) is 2. The lowest BCUT2D eigenvalue weighted by Gasteiger charge is -2.37. The van der Waals surface area contributed by atoms with E-state index in [9.17, 15) is 18.5 Å². The molecule has 1 saturated heterocycles. The lowest BCUT2D eigenvalue weighted by molar-refractivity contribution is -0.384. The van der Waals surface area contributed by atoms with Crippen LogP contribution in [0.2, 0.25) is 0 Å². The molecule has 26 heavy (non-hydrogen) atoms. The van der Waals surface area contributed by atoms with Crippen LogP contribution in [-0.2, 0) is 10.0 Å². The van der Waals surface area contributed by atoms with Gasteiger partial charge in [0.1, 0.15) is 5.69 Å². The second-order valence-corrected chi connectivity index (χ2v) is 8.23. The SMILES string of the molecule is CCN1CCN([C@@H](C)CNc2ccc(S(=O)(=O)NC)cc2[N+](=O)[O-])CC1. The summed E-state index contributed by atoms with van der Waals surface area (Å²) in [6.45, 7) is 9.82. The second-order valence-electron chi connectivity index (χ2n) is 6.34. The molecule has 2 N–H and O–H groups in total. The van der Waals surface area contributed by atoms with Crippen LogP contribution in [-0.4, -0.2) is 75.5 Å². The van der Waals surface area contributed by atoms with E-state index < -0.39 is 14.9 Å². The highest BCUT2D eigenvalue weighted by Gasteiger charge is 2.23. The van der Waals surface area contributed by atoms with E-state index in [1.165, 1.54) is 19.2 Å². The number of piperazine rings is 1. The molecule has 0 radical (unpaired) electrons. The van der Waals surface area contributed by atoms with Crippen molar-refractivity contribution >= 4 is 21.4 Å². The molecule has 0 spiro atoms. The zero-order valence-electron chi connectivity index (χ0n) is 15.4. The van der Waals surface area contributed by atoms with Crippen molar-refractivity contribution in [3.63, 3.8) is 0 Å². The topological polar surface area (TPSA) is 108 Å². The van der Waals surface area contributed by atoms with Crippen LogP contribution >= 0.6 is 0 Å². The van der Waals surface area contributed by atoms with Gasteiger partial charge in [-0.05, 0) is 32.6 Å². The molecule has 0 bridgehead atoms. The molecule has 2 rings (SSSR count). The maximum Gasteiger partial charge on any atom is 0.293 e. The van der Waals surface area contributed by atoms with E-state index in [2.05, 4.69) is 33.7 Å². The molecule has 0 unspecified atom stereocenters. The molecule has 1 aliphatic rings. The Kier molecular flexibility index (Phi) is 6.93. The van der Waals surface area contributed by atoms with Crippen molar-refractivity contribution in [2.45, 2.75) is 24.8 Å². The molecule has 1 heterocycles. The summed E-state index contributed by atoms with van der Waals surface area (Å²) in [5.41, 5.74) is 0.0772. The van der Waals surface area contributed by atoms with Crippen LogP contribution in [0.15, 0.2) is 23.1 Å². The Morgan fingerprint density at radius 1 is 1.27 bits per heavy atom. The molecule has 0 saturated carbocycles. The first-order valence-corrected chi connectivity index (χ1v) is 10.2. The average molecular weight is 385 g/mol. The minimum absolute atomic E-state index is 0.124. The number of nitro groups is 1. The lowest BCUT2D eigenvalue weighted by atomic mass is 10.2. The number of nitro benzene ring substituents is 1. The number of rotatable bonds is 8. The van der Waals surface area contributed by atoms with Gasteiger partial charge in [0.15, 0.2) is 0 Å². The number of hydrogen-bond acceptors (Lipinski definition) is 7. The minimum atomic E-state index is -3.72. The molecular formula is C16H27N5O4S. The van der Waals surface area contributed by atoms with Crippen molar-refractivity contribution in [2.75, 3.05) is 51.6 Å². The van der Waals surface area contributed by atoms with Gasteiger partial charge in [-0.3, -0.25) is 15.0 Å². The van der Waals surface area contributed by atoms with Gasteiger partial charge in [-0.1, -0.05) is 6.92 Å². The molecular weight excluding hydrogens is 358 g/mol. The van der Waals surface area contributed by atoms with E-state index >= 15 is 0 Å². The van der Waals surface area contributed by atoms with Gasteiger partial charge in [0.25, 0.3) is 5.69 Å². The summed E-state index contributed by atoms with van der Waals surface area (Å²) < 4.78 is 25.9. The fourth-order valence-corrected chi connectivity index (χ4v) is 3.75. The Balaban J connectivity index is 2.06. The molecule has 9 nitrogen and oxygen atoms in total. The monoisotopic (exact) mass is 385 g/mol. The molecule has 146 valence electrons. The van der Waals surface area contributed by atoms with Crippen LogP contribution in [0.5, 0.6) is 0 Å².